The molecule has 0 aromatic carbocycles. The number of carbonyl (C=O) groups is 1. The molecule has 1 aliphatic rings. The summed E-state index contributed by atoms with van der Waals surface area (Å²) >= 11 is 0. The quantitative estimate of drug-likeness (QED) is 0.858. The van der Waals surface area contributed by atoms with Gasteiger partial charge in [-0.25, -0.2) is 4.68 Å². The van der Waals surface area contributed by atoms with E-state index in [1.807, 2.05) is 38.8 Å². The number of hydrogen-bond donors (Lipinski definition) is 0. The van der Waals surface area contributed by atoms with Crippen molar-refractivity contribution in [3.63, 3.8) is 0 Å². The summed E-state index contributed by atoms with van der Waals surface area (Å²) in [4.78, 5) is 14.8. The van der Waals surface area contributed by atoms with Crippen LogP contribution in [-0.4, -0.2) is 44.0 Å². The van der Waals surface area contributed by atoms with Crippen LogP contribution in [0.15, 0.2) is 6.07 Å². The average Bonchev–Trinajstić information content (AvgIpc) is 3.17. The lowest BCUT2D eigenvalue weighted by atomic mass is 10.0. The highest BCUT2D eigenvalue weighted by atomic mass is 16.5. The molecule has 0 aliphatic carbocycles. The number of rotatable bonds is 4. The minimum Gasteiger partial charge on any atom is -0.481 e. The molecule has 7 nitrogen and oxygen atoms in total. The van der Waals surface area contributed by atoms with Gasteiger partial charge in [0.05, 0.1) is 30.1 Å². The Hall–Kier alpha value is -2.31. The molecule has 130 valence electrons. The molecule has 1 fully saturated rings. The van der Waals surface area contributed by atoms with Gasteiger partial charge in [-0.3, -0.25) is 9.48 Å². The minimum absolute atomic E-state index is 0.0260. The molecule has 24 heavy (non-hydrogen) atoms. The summed E-state index contributed by atoms with van der Waals surface area (Å²) in [6.45, 7) is 6.93. The zero-order valence-corrected chi connectivity index (χ0v) is 15.0. The van der Waals surface area contributed by atoms with Crippen LogP contribution in [0.1, 0.15) is 41.5 Å². The summed E-state index contributed by atoms with van der Waals surface area (Å²) in [5.74, 6) is 0.831. The molecule has 1 atom stereocenters. The first-order chi connectivity index (χ1) is 11.4. The highest BCUT2D eigenvalue weighted by Gasteiger charge is 2.35. The van der Waals surface area contributed by atoms with E-state index in [4.69, 9.17) is 4.74 Å². The molecule has 1 unspecified atom stereocenters. The van der Waals surface area contributed by atoms with Crippen LogP contribution in [0.25, 0.3) is 0 Å². The summed E-state index contributed by atoms with van der Waals surface area (Å²) in [7, 11) is 3.52. The predicted octanol–water partition coefficient (Wildman–Crippen LogP) is 1.91. The van der Waals surface area contributed by atoms with E-state index in [0.29, 0.717) is 0 Å². The summed E-state index contributed by atoms with van der Waals surface area (Å²) in [5.41, 5.74) is 3.89. The molecular formula is C17H25N5O2. The molecule has 0 N–H and O–H groups in total. The van der Waals surface area contributed by atoms with E-state index in [1.54, 1.807) is 16.5 Å². The predicted molar refractivity (Wildman–Crippen MR) is 89.9 cm³/mol. The summed E-state index contributed by atoms with van der Waals surface area (Å²) in [6, 6.07) is 2.02. The molecule has 2 aromatic rings. The first-order valence-electron chi connectivity index (χ1n) is 8.30. The lowest BCUT2D eigenvalue weighted by molar-refractivity contribution is -0.133. The second-order valence-corrected chi connectivity index (χ2v) is 6.46. The van der Waals surface area contributed by atoms with E-state index < -0.39 is 0 Å². The normalized spacial score (nSPS) is 17.5. The smallest absolute Gasteiger partial charge is 0.244 e. The van der Waals surface area contributed by atoms with Gasteiger partial charge in [0, 0.05) is 19.3 Å². The number of carbonyl (C=O) groups excluding carboxylic acids is 1. The number of methoxy groups -OCH3 is 1. The largest absolute Gasteiger partial charge is 0.481 e. The number of aryl methyl sites for hydroxylation is 4. The van der Waals surface area contributed by atoms with Crippen molar-refractivity contribution in [2.24, 2.45) is 7.05 Å². The van der Waals surface area contributed by atoms with Crippen LogP contribution in [0.5, 0.6) is 5.88 Å². The monoisotopic (exact) mass is 331 g/mol. The number of hydrogen-bond acceptors (Lipinski definition) is 4. The van der Waals surface area contributed by atoms with Gasteiger partial charge in [0.2, 0.25) is 11.8 Å². The van der Waals surface area contributed by atoms with E-state index in [0.717, 1.165) is 47.9 Å². The van der Waals surface area contributed by atoms with Crippen LogP contribution in [0.4, 0.5) is 0 Å². The highest BCUT2D eigenvalue weighted by molar-refractivity contribution is 5.77. The van der Waals surface area contributed by atoms with Crippen LogP contribution in [0.3, 0.4) is 0 Å². The second kappa shape index (κ2) is 6.30. The topological polar surface area (TPSA) is 65.2 Å². The van der Waals surface area contributed by atoms with Crippen molar-refractivity contribution in [3.8, 4) is 5.88 Å². The van der Waals surface area contributed by atoms with E-state index in [1.165, 1.54) is 0 Å². The van der Waals surface area contributed by atoms with Crippen molar-refractivity contribution in [2.45, 2.75) is 46.2 Å². The van der Waals surface area contributed by atoms with Crippen LogP contribution in [0, 0.1) is 20.8 Å². The fourth-order valence-electron chi connectivity index (χ4n) is 3.70. The molecule has 1 amide bonds. The van der Waals surface area contributed by atoms with Gasteiger partial charge in [-0.2, -0.15) is 10.2 Å². The molecule has 3 heterocycles. The number of likely N-dealkylation sites (tertiary alicyclic amines) is 1. The zero-order chi connectivity index (χ0) is 17.4. The Morgan fingerprint density at radius 2 is 2.08 bits per heavy atom. The van der Waals surface area contributed by atoms with E-state index in [2.05, 4.69) is 10.2 Å². The van der Waals surface area contributed by atoms with Crippen LogP contribution < -0.4 is 4.74 Å². The van der Waals surface area contributed by atoms with Gasteiger partial charge in [0.1, 0.15) is 6.54 Å². The molecule has 0 radical (unpaired) electrons. The van der Waals surface area contributed by atoms with Gasteiger partial charge in [0.25, 0.3) is 0 Å². The fraction of sp³-hybridized carbons (Fsp3) is 0.588. The van der Waals surface area contributed by atoms with Crippen molar-refractivity contribution in [1.82, 2.24) is 24.5 Å². The molecule has 3 rings (SSSR count). The van der Waals surface area contributed by atoms with Gasteiger partial charge in [-0.1, -0.05) is 0 Å². The standard InChI is InChI=1S/C17H25N5O2/c1-11-9-12(2)22(18-11)10-15(23)21-8-6-7-14(21)16-13(3)19-20(4)17(16)24-5/h9,14H,6-8,10H2,1-5H3. The van der Waals surface area contributed by atoms with E-state index >= 15 is 0 Å². The van der Waals surface area contributed by atoms with Gasteiger partial charge < -0.3 is 9.64 Å². The van der Waals surface area contributed by atoms with Crippen LogP contribution in [-0.2, 0) is 18.4 Å². The third-order valence-electron chi connectivity index (χ3n) is 4.70. The van der Waals surface area contributed by atoms with E-state index in [-0.39, 0.29) is 18.5 Å². The number of nitrogens with zero attached hydrogens (tertiary/aromatic N) is 5. The Balaban J connectivity index is 1.86. The Kier molecular flexibility index (Phi) is 4.34. The van der Waals surface area contributed by atoms with Gasteiger partial charge >= 0.3 is 0 Å². The molecule has 0 bridgehead atoms. The molecule has 0 saturated carbocycles. The van der Waals surface area contributed by atoms with Gasteiger partial charge in [0.15, 0.2) is 0 Å². The number of aromatic nitrogens is 4. The molecule has 7 heteroatoms. The van der Waals surface area contributed by atoms with Crippen LogP contribution in [0.2, 0.25) is 0 Å². The summed E-state index contributed by atoms with van der Waals surface area (Å²) in [5, 5.41) is 8.86. The molecular weight excluding hydrogens is 306 g/mol. The van der Waals surface area contributed by atoms with Crippen LogP contribution >= 0.6 is 0 Å². The Labute approximate surface area is 142 Å². The maximum Gasteiger partial charge on any atom is 0.244 e. The summed E-state index contributed by atoms with van der Waals surface area (Å²) in [6.07, 6.45) is 1.93. The van der Waals surface area contributed by atoms with Crippen molar-refractivity contribution in [2.75, 3.05) is 13.7 Å². The van der Waals surface area contributed by atoms with E-state index in [9.17, 15) is 4.79 Å². The van der Waals surface area contributed by atoms with Crippen molar-refractivity contribution < 1.29 is 9.53 Å². The zero-order valence-electron chi connectivity index (χ0n) is 15.0. The van der Waals surface area contributed by atoms with Gasteiger partial charge in [-0.15, -0.1) is 0 Å². The Morgan fingerprint density at radius 3 is 2.71 bits per heavy atom. The van der Waals surface area contributed by atoms with Crippen molar-refractivity contribution in [3.05, 3.63) is 28.7 Å². The molecule has 1 saturated heterocycles. The third kappa shape index (κ3) is 2.79. The fourth-order valence-corrected chi connectivity index (χ4v) is 3.70. The second-order valence-electron chi connectivity index (χ2n) is 6.46. The first-order valence-corrected chi connectivity index (χ1v) is 8.30. The lowest BCUT2D eigenvalue weighted by Gasteiger charge is -2.25. The molecule has 2 aromatic heterocycles. The molecule has 0 spiro atoms. The first kappa shape index (κ1) is 16.5. The Bertz CT molecular complexity index is 761. The minimum atomic E-state index is 0.0260. The number of amides is 1. The molecule has 1 aliphatic heterocycles. The average molecular weight is 331 g/mol. The maximum atomic E-state index is 12.9. The number of ether oxygens (including phenoxy) is 1. The maximum absolute atomic E-state index is 12.9. The van der Waals surface area contributed by atoms with Crippen molar-refractivity contribution >= 4 is 5.91 Å². The highest BCUT2D eigenvalue weighted by Crippen LogP contribution is 2.38. The Morgan fingerprint density at radius 1 is 1.33 bits per heavy atom. The lowest BCUT2D eigenvalue weighted by Crippen LogP contribution is -2.34. The van der Waals surface area contributed by atoms with Crippen molar-refractivity contribution in [1.29, 1.82) is 0 Å². The van der Waals surface area contributed by atoms with Gasteiger partial charge in [-0.05, 0) is 39.7 Å². The SMILES string of the molecule is COc1c(C2CCCN2C(=O)Cn2nc(C)cc2C)c(C)nn1C. The summed E-state index contributed by atoms with van der Waals surface area (Å²) < 4.78 is 9.04. The third-order valence-corrected chi connectivity index (χ3v) is 4.70.